The highest BCUT2D eigenvalue weighted by Gasteiger charge is 1.92. The van der Waals surface area contributed by atoms with E-state index in [4.69, 9.17) is 0 Å². The van der Waals surface area contributed by atoms with Crippen LogP contribution in [0.15, 0.2) is 22.7 Å². The van der Waals surface area contributed by atoms with Gasteiger partial charge in [0.2, 0.25) is 0 Å². The third kappa shape index (κ3) is 1.69. The molecule has 1 aromatic rings. The van der Waals surface area contributed by atoms with Gasteiger partial charge in [-0.3, -0.25) is 0 Å². The standard InChI is InChI=1S/C7H6Br.Mg.H/c1-6-4-2-3-5-7(6)8;;/h2-3,5H,1H3;;. The zero-order valence-corrected chi connectivity index (χ0v) is 9.20. The van der Waals surface area contributed by atoms with Crippen LogP contribution in [-0.4, -0.2) is 21.7 Å². The van der Waals surface area contributed by atoms with Crippen molar-refractivity contribution in [3.63, 3.8) is 0 Å². The molecule has 0 unspecified atom stereocenters. The van der Waals surface area contributed by atoms with Crippen molar-refractivity contribution in [3.05, 3.63) is 28.2 Å². The van der Waals surface area contributed by atoms with Crippen molar-refractivity contribution in [1.29, 1.82) is 0 Å². The summed E-state index contributed by atoms with van der Waals surface area (Å²) in [6.07, 6.45) is 0. The van der Waals surface area contributed by atoms with Gasteiger partial charge in [0.1, 0.15) is 0 Å². The van der Waals surface area contributed by atoms with Crippen LogP contribution in [0.5, 0.6) is 0 Å². The first-order valence-corrected chi connectivity index (χ1v) is 4.73. The van der Waals surface area contributed by atoms with E-state index in [0.29, 0.717) is 0 Å². The molecule has 0 saturated carbocycles. The van der Waals surface area contributed by atoms with Gasteiger partial charge in [-0.15, -0.1) is 0 Å². The fourth-order valence-corrected chi connectivity index (χ4v) is 2.01. The summed E-state index contributed by atoms with van der Waals surface area (Å²) in [6.45, 7) is 2.15. The Morgan fingerprint density at radius 1 is 1.44 bits per heavy atom. The van der Waals surface area contributed by atoms with Crippen LogP contribution >= 0.6 is 15.9 Å². The number of hydrogen-bond donors (Lipinski definition) is 0. The maximum Gasteiger partial charge on any atom is 0.384 e. The SMILES string of the molecule is Cc1[c]([MgH])cccc1Br. The Morgan fingerprint density at radius 2 is 2.11 bits per heavy atom. The van der Waals surface area contributed by atoms with Crippen LogP contribution < -0.4 is 3.69 Å². The monoisotopic (exact) mass is 194 g/mol. The summed E-state index contributed by atoms with van der Waals surface area (Å²) in [6, 6.07) is 6.34. The van der Waals surface area contributed by atoms with Crippen LogP contribution in [0.25, 0.3) is 0 Å². The normalized spacial score (nSPS) is 9.44. The highest BCUT2D eigenvalue weighted by molar-refractivity contribution is 9.10. The molecular weight excluding hydrogens is 188 g/mol. The summed E-state index contributed by atoms with van der Waals surface area (Å²) in [7, 11) is 0. The molecule has 2 heteroatoms. The number of rotatable bonds is 0. The van der Waals surface area contributed by atoms with Gasteiger partial charge in [-0.05, 0) is 13.0 Å². The van der Waals surface area contributed by atoms with Crippen molar-refractivity contribution in [1.82, 2.24) is 0 Å². The zero-order valence-electron chi connectivity index (χ0n) is 5.61. The van der Waals surface area contributed by atoms with Crippen molar-refractivity contribution in [2.75, 3.05) is 0 Å². The molecule has 0 aliphatic heterocycles. The number of halogens is 1. The number of hydrogen-bond acceptors (Lipinski definition) is 0. The largest absolute Gasteiger partial charge is 0.384 e. The number of benzene rings is 1. The molecule has 1 rings (SSSR count). The molecule has 0 saturated heterocycles. The third-order valence-electron chi connectivity index (χ3n) is 1.54. The van der Waals surface area contributed by atoms with Crippen LogP contribution in [-0.2, 0) is 0 Å². The molecule has 1 aromatic carbocycles. The highest BCUT2D eigenvalue weighted by Crippen LogP contribution is 2.11. The predicted octanol–water partition coefficient (Wildman–Crippen LogP) is 1.28. The quantitative estimate of drug-likeness (QED) is 0.547. The lowest BCUT2D eigenvalue weighted by Crippen LogP contribution is -2.05. The average Bonchev–Trinajstić information content (AvgIpc) is 1.83. The molecule has 0 radical (unpaired) electrons. The Morgan fingerprint density at radius 3 is 2.56 bits per heavy atom. The van der Waals surface area contributed by atoms with Crippen LogP contribution in [0.1, 0.15) is 5.56 Å². The van der Waals surface area contributed by atoms with Gasteiger partial charge in [0.05, 0.1) is 0 Å². The molecule has 0 aliphatic rings. The minimum Gasteiger partial charge on any atom is -0.177 e. The molecule has 0 aliphatic carbocycles. The van der Waals surface area contributed by atoms with E-state index in [9.17, 15) is 0 Å². The molecule has 0 aromatic heterocycles. The van der Waals surface area contributed by atoms with Crippen LogP contribution in [0.3, 0.4) is 0 Å². The highest BCUT2D eigenvalue weighted by atomic mass is 79.9. The summed E-state index contributed by atoms with van der Waals surface area (Å²) in [5, 5.41) is 0. The summed E-state index contributed by atoms with van der Waals surface area (Å²) < 4.78 is 2.71. The molecule has 9 heavy (non-hydrogen) atoms. The molecule has 0 N–H and O–H groups in total. The summed E-state index contributed by atoms with van der Waals surface area (Å²) >= 11 is 4.61. The Bertz CT molecular complexity index is 200. The minimum atomic E-state index is 1.14. The maximum atomic E-state index is 3.47. The first-order chi connectivity index (χ1) is 4.22. The molecule has 0 amide bonds. The average molecular weight is 195 g/mol. The van der Waals surface area contributed by atoms with Gasteiger partial charge in [-0.1, -0.05) is 33.6 Å². The molecular formula is C7H7BrMg. The molecule has 44 valence electrons. The van der Waals surface area contributed by atoms with Crippen molar-refractivity contribution in [3.8, 4) is 0 Å². The maximum absolute atomic E-state index is 3.47. The van der Waals surface area contributed by atoms with Gasteiger partial charge >= 0.3 is 21.7 Å². The second-order valence-corrected chi connectivity index (χ2v) is 4.11. The molecule has 0 nitrogen and oxygen atoms in total. The van der Waals surface area contributed by atoms with Gasteiger partial charge in [0, 0.05) is 4.47 Å². The van der Waals surface area contributed by atoms with E-state index in [2.05, 4.69) is 41.1 Å². The lowest BCUT2D eigenvalue weighted by molar-refractivity contribution is 1.47. The molecule has 0 spiro atoms. The van der Waals surface area contributed by atoms with E-state index < -0.39 is 0 Å². The zero-order chi connectivity index (χ0) is 6.85. The summed E-state index contributed by atoms with van der Waals surface area (Å²) in [5.41, 5.74) is 1.39. The van der Waals surface area contributed by atoms with Crippen molar-refractivity contribution >= 4 is 41.3 Å². The second kappa shape index (κ2) is 3.04. The van der Waals surface area contributed by atoms with Gasteiger partial charge < -0.3 is 0 Å². The van der Waals surface area contributed by atoms with Crippen LogP contribution in [0, 0.1) is 6.92 Å². The topological polar surface area (TPSA) is 0 Å². The van der Waals surface area contributed by atoms with Gasteiger partial charge in [0.25, 0.3) is 0 Å². The van der Waals surface area contributed by atoms with Crippen LogP contribution in [0.4, 0.5) is 0 Å². The Balaban J connectivity index is 3.25. The van der Waals surface area contributed by atoms with Crippen molar-refractivity contribution in [2.45, 2.75) is 6.92 Å². The van der Waals surface area contributed by atoms with Gasteiger partial charge in [0.15, 0.2) is 0 Å². The van der Waals surface area contributed by atoms with Crippen molar-refractivity contribution in [2.24, 2.45) is 0 Å². The smallest absolute Gasteiger partial charge is 0.177 e. The van der Waals surface area contributed by atoms with E-state index in [1.54, 1.807) is 0 Å². The predicted molar refractivity (Wildman–Crippen MR) is 45.7 cm³/mol. The van der Waals surface area contributed by atoms with E-state index in [1.807, 2.05) is 0 Å². The van der Waals surface area contributed by atoms with E-state index in [1.165, 1.54) is 13.7 Å². The summed E-state index contributed by atoms with van der Waals surface area (Å²) in [5.74, 6) is 0. The Labute approximate surface area is 76.2 Å². The van der Waals surface area contributed by atoms with E-state index >= 15 is 0 Å². The van der Waals surface area contributed by atoms with E-state index in [0.717, 1.165) is 21.7 Å². The Hall–Kier alpha value is 0.466. The first-order valence-electron chi connectivity index (χ1n) is 2.93. The Kier molecular flexibility index (Phi) is 2.55. The van der Waals surface area contributed by atoms with E-state index in [-0.39, 0.29) is 0 Å². The van der Waals surface area contributed by atoms with Crippen LogP contribution in [0.2, 0.25) is 0 Å². The third-order valence-corrected chi connectivity index (χ3v) is 3.48. The molecule has 0 fully saturated rings. The molecule has 0 bridgehead atoms. The fourth-order valence-electron chi connectivity index (χ4n) is 0.715. The first kappa shape index (κ1) is 7.57. The lowest BCUT2D eigenvalue weighted by atomic mass is 10.2. The minimum absolute atomic E-state index is 1.14. The fraction of sp³-hybridized carbons (Fsp3) is 0.143. The second-order valence-electron chi connectivity index (χ2n) is 2.18. The van der Waals surface area contributed by atoms with Gasteiger partial charge in [-0.25, -0.2) is 0 Å². The summed E-state index contributed by atoms with van der Waals surface area (Å²) in [4.78, 5) is 0. The van der Waals surface area contributed by atoms with Crippen molar-refractivity contribution < 1.29 is 0 Å². The molecule has 0 atom stereocenters. The molecule has 0 heterocycles. The lowest BCUT2D eigenvalue weighted by Gasteiger charge is -2.01. The van der Waals surface area contributed by atoms with Gasteiger partial charge in [-0.2, -0.15) is 3.69 Å².